The molecule has 0 fully saturated rings. The molecule has 1 aliphatic heterocycles. The molecule has 0 saturated carbocycles. The summed E-state index contributed by atoms with van der Waals surface area (Å²) < 4.78 is 27.8. The first-order chi connectivity index (χ1) is 14.3. The van der Waals surface area contributed by atoms with Gasteiger partial charge in [0.1, 0.15) is 0 Å². The van der Waals surface area contributed by atoms with Gasteiger partial charge in [-0.3, -0.25) is 0 Å². The third kappa shape index (κ3) is 4.42. The van der Waals surface area contributed by atoms with Gasteiger partial charge in [0.15, 0.2) is 0 Å². The minimum Gasteiger partial charge on any atom is -0.356 e. The van der Waals surface area contributed by atoms with E-state index in [1.54, 1.807) is 55.9 Å². The summed E-state index contributed by atoms with van der Waals surface area (Å²) in [5.74, 6) is 0.0684. The number of rotatable bonds is 5. The summed E-state index contributed by atoms with van der Waals surface area (Å²) in [7, 11) is -3.78. The molecule has 0 saturated heterocycles. The molecule has 0 bridgehead atoms. The van der Waals surface area contributed by atoms with Gasteiger partial charge in [-0.2, -0.15) is 0 Å². The van der Waals surface area contributed by atoms with Crippen LogP contribution in [0.4, 0.5) is 17.3 Å². The third-order valence-corrected chi connectivity index (χ3v) is 6.92. The molecular weight excluding hydrogens is 418 g/mol. The molecule has 9 heteroatoms. The zero-order chi connectivity index (χ0) is 21.3. The Morgan fingerprint density at radius 2 is 1.60 bits per heavy atom. The van der Waals surface area contributed by atoms with Gasteiger partial charge in [-0.05, 0) is 63.2 Å². The fraction of sp³-hybridized carbons (Fsp3) is 0.143. The van der Waals surface area contributed by atoms with Crippen LogP contribution in [0.2, 0.25) is 0 Å². The predicted octanol–water partition coefficient (Wildman–Crippen LogP) is 4.71. The van der Waals surface area contributed by atoms with Crippen molar-refractivity contribution in [2.45, 2.75) is 30.6 Å². The molecule has 4 rings (SSSR count). The summed E-state index contributed by atoms with van der Waals surface area (Å²) in [4.78, 5) is 9.54. The number of aromatic nitrogens is 2. The predicted molar refractivity (Wildman–Crippen MR) is 121 cm³/mol. The summed E-state index contributed by atoms with van der Waals surface area (Å²) in [6.07, 6.45) is 0. The smallest absolute Gasteiger partial charge is 0.264 e. The number of thioether (sulfide) groups is 1. The molecule has 3 N–H and O–H groups in total. The van der Waals surface area contributed by atoms with Crippen molar-refractivity contribution >= 4 is 39.1 Å². The highest BCUT2D eigenvalue weighted by Crippen LogP contribution is 2.39. The minimum absolute atomic E-state index is 0.0684. The summed E-state index contributed by atoms with van der Waals surface area (Å²) in [5.41, 5.74) is 4.27. The van der Waals surface area contributed by atoms with E-state index in [4.69, 9.17) is 0 Å². The molecule has 0 radical (unpaired) electrons. The maximum Gasteiger partial charge on any atom is 0.264 e. The lowest BCUT2D eigenvalue weighted by molar-refractivity contribution is 0.601. The molecular formula is C21H21N5O2S2. The number of nitrogens with zero attached hydrogens (tertiary/aromatic N) is 2. The first kappa shape index (κ1) is 20.2. The second kappa shape index (κ2) is 8.00. The average molecular weight is 440 g/mol. The Hall–Kier alpha value is -3.04. The van der Waals surface area contributed by atoms with Crippen molar-refractivity contribution in [1.29, 1.82) is 0 Å². The lowest BCUT2D eigenvalue weighted by atomic mass is 10.3. The number of sulfonamides is 1. The number of allylic oxidation sites excluding steroid dienone is 1. The van der Waals surface area contributed by atoms with Crippen molar-refractivity contribution in [3.05, 3.63) is 76.7 Å². The van der Waals surface area contributed by atoms with Crippen molar-refractivity contribution in [1.82, 2.24) is 9.97 Å². The van der Waals surface area contributed by atoms with Crippen molar-refractivity contribution < 1.29 is 8.42 Å². The van der Waals surface area contributed by atoms with Gasteiger partial charge in [-0.15, -0.1) is 0 Å². The quantitative estimate of drug-likeness (QED) is 0.530. The molecule has 3 aromatic rings. The summed E-state index contributed by atoms with van der Waals surface area (Å²) in [6.45, 7) is 5.58. The average Bonchev–Trinajstić information content (AvgIpc) is 2.68. The van der Waals surface area contributed by atoms with Gasteiger partial charge < -0.3 is 10.6 Å². The Bertz CT molecular complexity index is 1220. The molecule has 0 spiro atoms. The molecule has 2 heterocycles. The van der Waals surface area contributed by atoms with Gasteiger partial charge in [-0.25, -0.2) is 23.1 Å². The lowest BCUT2D eigenvalue weighted by Gasteiger charge is -2.23. The van der Waals surface area contributed by atoms with Gasteiger partial charge in [0.25, 0.3) is 10.0 Å². The zero-order valence-electron chi connectivity index (χ0n) is 16.7. The summed E-state index contributed by atoms with van der Waals surface area (Å²) >= 11 is 1.63. The number of hydrogen-bond acceptors (Lipinski definition) is 7. The van der Waals surface area contributed by atoms with E-state index in [1.165, 1.54) is 0 Å². The highest BCUT2D eigenvalue weighted by molar-refractivity contribution is 8.03. The monoisotopic (exact) mass is 439 g/mol. The van der Waals surface area contributed by atoms with Crippen LogP contribution in [0.25, 0.3) is 0 Å². The van der Waals surface area contributed by atoms with Crippen molar-refractivity contribution in [3.8, 4) is 0 Å². The summed E-state index contributed by atoms with van der Waals surface area (Å²) in [5, 5.41) is 7.70. The van der Waals surface area contributed by atoms with Crippen LogP contribution in [-0.2, 0) is 10.0 Å². The van der Waals surface area contributed by atoms with Crippen molar-refractivity contribution in [2.24, 2.45) is 0 Å². The standard InChI is InChI=1S/C21H21N5O2S2/c1-13-12-14(2)23-21(22-13)26-30(27,28)17-10-8-16(9-11-17)25-20-15(3)24-18-6-4-5-7-19(18)29-20/h4-12,24-25H,1-3H3,(H,22,23,26). The Kier molecular flexibility index (Phi) is 5.40. The van der Waals surface area contributed by atoms with Crippen LogP contribution in [0.1, 0.15) is 18.3 Å². The molecule has 0 amide bonds. The Labute approximate surface area is 180 Å². The molecule has 2 aromatic carbocycles. The maximum atomic E-state index is 12.7. The third-order valence-electron chi connectivity index (χ3n) is 4.39. The van der Waals surface area contributed by atoms with E-state index in [0.717, 1.165) is 27.0 Å². The second-order valence-electron chi connectivity index (χ2n) is 6.91. The van der Waals surface area contributed by atoms with Crippen LogP contribution >= 0.6 is 11.8 Å². The molecule has 154 valence electrons. The molecule has 30 heavy (non-hydrogen) atoms. The lowest BCUT2D eigenvalue weighted by Crippen LogP contribution is -2.16. The van der Waals surface area contributed by atoms with E-state index >= 15 is 0 Å². The molecule has 1 aliphatic rings. The zero-order valence-corrected chi connectivity index (χ0v) is 18.4. The topological polar surface area (TPSA) is 96.0 Å². The van der Waals surface area contributed by atoms with E-state index < -0.39 is 10.0 Å². The Morgan fingerprint density at radius 3 is 2.30 bits per heavy atom. The van der Waals surface area contributed by atoms with Gasteiger partial charge in [-0.1, -0.05) is 23.9 Å². The molecule has 0 unspecified atom stereocenters. The SMILES string of the molecule is CC1=C(Nc2ccc(S(=O)(=O)Nc3nc(C)cc(C)n3)cc2)Sc2ccccc2N1. The van der Waals surface area contributed by atoms with Gasteiger partial charge in [0.05, 0.1) is 15.6 Å². The van der Waals surface area contributed by atoms with E-state index in [-0.39, 0.29) is 10.8 Å². The van der Waals surface area contributed by atoms with Gasteiger partial charge in [0.2, 0.25) is 5.95 Å². The van der Waals surface area contributed by atoms with Crippen LogP contribution in [0.3, 0.4) is 0 Å². The highest BCUT2D eigenvalue weighted by atomic mass is 32.2. The number of hydrogen-bond donors (Lipinski definition) is 3. The molecule has 7 nitrogen and oxygen atoms in total. The Morgan fingerprint density at radius 1 is 0.933 bits per heavy atom. The van der Waals surface area contributed by atoms with Crippen molar-refractivity contribution in [3.63, 3.8) is 0 Å². The fourth-order valence-electron chi connectivity index (χ4n) is 3.02. The van der Waals surface area contributed by atoms with Gasteiger partial charge >= 0.3 is 0 Å². The van der Waals surface area contributed by atoms with E-state index in [2.05, 4.69) is 31.4 Å². The minimum atomic E-state index is -3.78. The van der Waals surface area contributed by atoms with Crippen LogP contribution < -0.4 is 15.4 Å². The fourth-order valence-corrected chi connectivity index (χ4v) is 4.94. The van der Waals surface area contributed by atoms with E-state index in [1.807, 2.05) is 25.1 Å². The van der Waals surface area contributed by atoms with Gasteiger partial charge in [0, 0.05) is 27.7 Å². The number of aryl methyl sites for hydroxylation is 2. The first-order valence-electron chi connectivity index (χ1n) is 9.27. The van der Waals surface area contributed by atoms with Crippen LogP contribution in [-0.4, -0.2) is 18.4 Å². The summed E-state index contributed by atoms with van der Waals surface area (Å²) in [6, 6.07) is 16.4. The largest absolute Gasteiger partial charge is 0.356 e. The van der Waals surface area contributed by atoms with Crippen LogP contribution in [0.5, 0.6) is 0 Å². The van der Waals surface area contributed by atoms with E-state index in [0.29, 0.717) is 11.4 Å². The normalized spacial score (nSPS) is 13.4. The number of para-hydroxylation sites is 1. The van der Waals surface area contributed by atoms with Crippen LogP contribution in [0, 0.1) is 13.8 Å². The highest BCUT2D eigenvalue weighted by Gasteiger charge is 2.18. The number of benzene rings is 2. The molecule has 1 aromatic heterocycles. The number of fused-ring (bicyclic) bond motifs is 1. The van der Waals surface area contributed by atoms with E-state index in [9.17, 15) is 8.42 Å². The number of anilines is 3. The van der Waals surface area contributed by atoms with Crippen molar-refractivity contribution in [2.75, 3.05) is 15.4 Å². The van der Waals surface area contributed by atoms with Crippen LogP contribution in [0.15, 0.2) is 75.1 Å². The Balaban J connectivity index is 1.50. The number of nitrogens with one attached hydrogen (secondary N) is 3. The molecule has 0 atom stereocenters. The first-order valence-corrected chi connectivity index (χ1v) is 11.6. The maximum absolute atomic E-state index is 12.7. The second-order valence-corrected chi connectivity index (χ2v) is 9.64. The molecule has 0 aliphatic carbocycles.